The molecule has 0 radical (unpaired) electrons. The fourth-order valence-corrected chi connectivity index (χ4v) is 6.09. The summed E-state index contributed by atoms with van der Waals surface area (Å²) in [5, 5.41) is 11.7. The number of methoxy groups -OCH3 is 1. The molecule has 2 aromatic carbocycles. The van der Waals surface area contributed by atoms with E-state index in [4.69, 9.17) is 18.9 Å². The van der Waals surface area contributed by atoms with Gasteiger partial charge in [0.05, 0.1) is 37.6 Å². The summed E-state index contributed by atoms with van der Waals surface area (Å²) >= 11 is 0.936. The molecule has 0 saturated carbocycles. The lowest BCUT2D eigenvalue weighted by Crippen LogP contribution is -2.29. The number of aryl methyl sites for hydroxylation is 1. The first kappa shape index (κ1) is 28.2. The summed E-state index contributed by atoms with van der Waals surface area (Å²) < 4.78 is 22.2. The van der Waals surface area contributed by atoms with Gasteiger partial charge in [0.25, 0.3) is 5.78 Å². The van der Waals surface area contributed by atoms with Crippen molar-refractivity contribution in [3.05, 3.63) is 69.2 Å². The van der Waals surface area contributed by atoms with Crippen molar-refractivity contribution in [2.45, 2.75) is 46.3 Å². The van der Waals surface area contributed by atoms with Gasteiger partial charge >= 0.3 is 11.9 Å². The van der Waals surface area contributed by atoms with E-state index in [-0.39, 0.29) is 27.4 Å². The maximum Gasteiger partial charge on any atom is 0.350 e. The summed E-state index contributed by atoms with van der Waals surface area (Å²) in [5.41, 5.74) is 2.01. The number of benzene rings is 2. The van der Waals surface area contributed by atoms with E-state index in [1.165, 1.54) is 12.0 Å². The molecule has 1 amide bonds. The van der Waals surface area contributed by atoms with Crippen LogP contribution in [-0.4, -0.2) is 54.2 Å². The number of rotatable bonds is 8. The van der Waals surface area contributed by atoms with Gasteiger partial charge in [-0.2, -0.15) is 0 Å². The van der Waals surface area contributed by atoms with Crippen LogP contribution in [0.4, 0.5) is 5.13 Å². The van der Waals surface area contributed by atoms with Gasteiger partial charge in [-0.25, -0.2) is 9.78 Å². The standard InChI is InChI=1S/C30H30N2O8S/c1-6-38-21-11-8-17(14-22(21)39-7-2)24-23(25(33)18-9-10-20-19(13-18)12-15(3)40-20)26(34)28(35)32(24)30-31-16(4)27(41-30)29(36)37-5/h8-11,13-15,24,33H,6-7,12H2,1-5H3/b25-23+. The first-order chi connectivity index (χ1) is 19.7. The Balaban J connectivity index is 1.71. The van der Waals surface area contributed by atoms with Crippen molar-refractivity contribution in [2.24, 2.45) is 0 Å². The van der Waals surface area contributed by atoms with Crippen LogP contribution in [0, 0.1) is 6.92 Å². The van der Waals surface area contributed by atoms with E-state index < -0.39 is 23.7 Å². The number of carbonyl (C=O) groups is 3. The summed E-state index contributed by atoms with van der Waals surface area (Å²) in [7, 11) is 1.25. The van der Waals surface area contributed by atoms with Crippen LogP contribution in [0.15, 0.2) is 42.0 Å². The molecule has 11 heteroatoms. The Morgan fingerprint density at radius 3 is 2.56 bits per heavy atom. The highest BCUT2D eigenvalue weighted by Crippen LogP contribution is 2.46. The molecule has 1 saturated heterocycles. The first-order valence-corrected chi connectivity index (χ1v) is 14.1. The molecule has 2 aliphatic heterocycles. The molecule has 2 atom stereocenters. The summed E-state index contributed by atoms with van der Waals surface area (Å²) in [6, 6.07) is 9.20. The first-order valence-electron chi connectivity index (χ1n) is 13.2. The van der Waals surface area contributed by atoms with E-state index >= 15 is 0 Å². The number of hydrogen-bond donors (Lipinski definition) is 1. The average molecular weight is 579 g/mol. The lowest BCUT2D eigenvalue weighted by Gasteiger charge is -2.24. The largest absolute Gasteiger partial charge is 0.507 e. The highest BCUT2D eigenvalue weighted by atomic mass is 32.1. The number of thiazole rings is 1. The van der Waals surface area contributed by atoms with Crippen LogP contribution in [0.2, 0.25) is 0 Å². The summed E-state index contributed by atoms with van der Waals surface area (Å²) in [6.45, 7) is 8.02. The van der Waals surface area contributed by atoms with Gasteiger partial charge in [0.1, 0.15) is 22.5 Å². The Morgan fingerprint density at radius 1 is 1.12 bits per heavy atom. The van der Waals surface area contributed by atoms with E-state index in [9.17, 15) is 19.5 Å². The van der Waals surface area contributed by atoms with Crippen molar-refractivity contribution in [2.75, 3.05) is 25.2 Å². The van der Waals surface area contributed by atoms with Crippen LogP contribution in [0.1, 0.15) is 58.9 Å². The second-order valence-corrected chi connectivity index (χ2v) is 10.6. The Bertz CT molecular complexity index is 1580. The smallest absolute Gasteiger partial charge is 0.350 e. The fraction of sp³-hybridized carbons (Fsp3) is 0.333. The monoisotopic (exact) mass is 578 g/mol. The van der Waals surface area contributed by atoms with E-state index in [1.807, 2.05) is 20.8 Å². The van der Waals surface area contributed by atoms with Crippen LogP contribution < -0.4 is 19.1 Å². The molecule has 1 aromatic heterocycles. The molecule has 1 fully saturated rings. The predicted molar refractivity (Wildman–Crippen MR) is 152 cm³/mol. The number of ketones is 1. The number of fused-ring (bicyclic) bond motifs is 1. The molecule has 41 heavy (non-hydrogen) atoms. The van der Waals surface area contributed by atoms with Gasteiger partial charge < -0.3 is 24.1 Å². The lowest BCUT2D eigenvalue weighted by atomic mass is 9.94. The number of hydrogen-bond acceptors (Lipinski definition) is 10. The number of ether oxygens (including phenoxy) is 4. The molecule has 10 nitrogen and oxygen atoms in total. The SMILES string of the molecule is CCOc1ccc(C2/C(=C(\O)c3ccc4c(c3)CC(C)O4)C(=O)C(=O)N2c2nc(C)c(C(=O)OC)s2)cc1OCC. The highest BCUT2D eigenvalue weighted by molar-refractivity contribution is 7.17. The topological polar surface area (TPSA) is 124 Å². The molecular weight excluding hydrogens is 548 g/mol. The number of amides is 1. The summed E-state index contributed by atoms with van der Waals surface area (Å²) in [5.74, 6) is -1.05. The van der Waals surface area contributed by atoms with Crippen LogP contribution in [-0.2, 0) is 20.7 Å². The van der Waals surface area contributed by atoms with Gasteiger partial charge in [0.2, 0.25) is 0 Å². The van der Waals surface area contributed by atoms with E-state index in [0.717, 1.165) is 16.9 Å². The molecule has 3 heterocycles. The van der Waals surface area contributed by atoms with Gasteiger partial charge in [0.15, 0.2) is 16.6 Å². The Labute approximate surface area is 241 Å². The zero-order valence-electron chi connectivity index (χ0n) is 23.3. The predicted octanol–water partition coefficient (Wildman–Crippen LogP) is 4.99. The van der Waals surface area contributed by atoms with Crippen molar-refractivity contribution in [1.82, 2.24) is 4.98 Å². The maximum absolute atomic E-state index is 13.6. The number of Topliss-reactive ketones (excluding diaryl/α,β-unsaturated/α-hetero) is 1. The molecule has 214 valence electrons. The average Bonchev–Trinajstić information content (AvgIpc) is 3.60. The normalized spacial score (nSPS) is 19.2. The number of esters is 1. The Kier molecular flexibility index (Phi) is 7.72. The van der Waals surface area contributed by atoms with Gasteiger partial charge in [-0.1, -0.05) is 17.4 Å². The Hall–Kier alpha value is -4.38. The van der Waals surface area contributed by atoms with Crippen molar-refractivity contribution < 1.29 is 38.4 Å². The van der Waals surface area contributed by atoms with Gasteiger partial charge in [-0.3, -0.25) is 14.5 Å². The third-order valence-electron chi connectivity index (χ3n) is 6.86. The molecule has 5 rings (SSSR count). The van der Waals surface area contributed by atoms with Crippen molar-refractivity contribution in [3.63, 3.8) is 0 Å². The summed E-state index contributed by atoms with van der Waals surface area (Å²) in [6.07, 6.45) is 0.644. The number of nitrogens with zero attached hydrogens (tertiary/aromatic N) is 2. The van der Waals surface area contributed by atoms with E-state index in [0.29, 0.717) is 53.7 Å². The number of carbonyl (C=O) groups excluding carboxylic acids is 3. The minimum Gasteiger partial charge on any atom is -0.507 e. The fourth-order valence-electron chi connectivity index (χ4n) is 5.08. The van der Waals surface area contributed by atoms with Gasteiger partial charge in [-0.05, 0) is 69.2 Å². The van der Waals surface area contributed by atoms with E-state index in [2.05, 4.69) is 4.98 Å². The van der Waals surface area contributed by atoms with Crippen LogP contribution >= 0.6 is 11.3 Å². The molecule has 2 unspecified atom stereocenters. The molecule has 3 aromatic rings. The maximum atomic E-state index is 13.6. The van der Waals surface area contributed by atoms with Crippen molar-refractivity contribution in [3.8, 4) is 17.2 Å². The van der Waals surface area contributed by atoms with E-state index in [1.54, 1.807) is 43.3 Å². The van der Waals surface area contributed by atoms with Crippen LogP contribution in [0.5, 0.6) is 17.2 Å². The van der Waals surface area contributed by atoms with Crippen LogP contribution in [0.25, 0.3) is 5.76 Å². The van der Waals surface area contributed by atoms with Crippen LogP contribution in [0.3, 0.4) is 0 Å². The molecule has 2 aliphatic rings. The minimum atomic E-state index is -1.07. The second kappa shape index (κ2) is 11.2. The summed E-state index contributed by atoms with van der Waals surface area (Å²) in [4.78, 5) is 45.4. The van der Waals surface area contributed by atoms with Crippen molar-refractivity contribution >= 4 is 39.9 Å². The number of anilines is 1. The molecule has 1 N–H and O–H groups in total. The molecule has 0 aliphatic carbocycles. The lowest BCUT2D eigenvalue weighted by molar-refractivity contribution is -0.132. The molecule has 0 bridgehead atoms. The third kappa shape index (κ3) is 5.01. The number of aromatic nitrogens is 1. The second-order valence-electron chi connectivity index (χ2n) is 9.60. The Morgan fingerprint density at radius 2 is 1.85 bits per heavy atom. The molecular formula is C30H30N2O8S. The third-order valence-corrected chi connectivity index (χ3v) is 8.00. The number of aliphatic hydroxyl groups is 1. The zero-order valence-corrected chi connectivity index (χ0v) is 24.2. The minimum absolute atomic E-state index is 0.00836. The van der Waals surface area contributed by atoms with Gasteiger partial charge in [-0.15, -0.1) is 0 Å². The quantitative estimate of drug-likeness (QED) is 0.170. The van der Waals surface area contributed by atoms with Crippen molar-refractivity contribution in [1.29, 1.82) is 0 Å². The molecule has 0 spiro atoms. The zero-order chi connectivity index (χ0) is 29.4. The van der Waals surface area contributed by atoms with Gasteiger partial charge in [0, 0.05) is 12.0 Å². The highest BCUT2D eigenvalue weighted by Gasteiger charge is 2.48. The number of aliphatic hydroxyl groups excluding tert-OH is 1.